The molecule has 6 atom stereocenters. The van der Waals surface area contributed by atoms with Crippen molar-refractivity contribution in [3.63, 3.8) is 0 Å². The fourth-order valence-corrected chi connectivity index (χ4v) is 7.49. The van der Waals surface area contributed by atoms with Crippen LogP contribution in [0.4, 0.5) is 0 Å². The van der Waals surface area contributed by atoms with Gasteiger partial charge in [-0.05, 0) is 59.9 Å². The van der Waals surface area contributed by atoms with Crippen molar-refractivity contribution in [1.29, 1.82) is 0 Å². The smallest absolute Gasteiger partial charge is 0.234 e. The number of allylic oxidation sites excluding steroid dienone is 2. The fraction of sp³-hybridized carbons (Fsp3) is 0.243. The molecule has 2 aromatic carbocycles. The molecule has 214 valence electrons. The minimum atomic E-state index is -1.61. The van der Waals surface area contributed by atoms with Crippen LogP contribution < -0.4 is 0 Å². The van der Waals surface area contributed by atoms with Gasteiger partial charge in [-0.2, -0.15) is 0 Å². The summed E-state index contributed by atoms with van der Waals surface area (Å²) in [4.78, 5) is 39.3. The zero-order valence-corrected chi connectivity index (χ0v) is 24.2. The van der Waals surface area contributed by atoms with Gasteiger partial charge in [-0.1, -0.05) is 85.8 Å². The van der Waals surface area contributed by atoms with E-state index in [0.29, 0.717) is 23.3 Å². The molecule has 1 saturated carbocycles. The Balaban J connectivity index is 1.52. The highest BCUT2D eigenvalue weighted by Crippen LogP contribution is 2.64. The third-order valence-corrected chi connectivity index (χ3v) is 9.52. The maximum absolute atomic E-state index is 14.3. The third kappa shape index (κ3) is 4.04. The number of pyridine rings is 2. The first kappa shape index (κ1) is 27.2. The first-order chi connectivity index (χ1) is 21.0. The van der Waals surface area contributed by atoms with E-state index in [4.69, 9.17) is 4.98 Å². The van der Waals surface area contributed by atoms with Gasteiger partial charge in [0.2, 0.25) is 11.8 Å². The van der Waals surface area contributed by atoms with Gasteiger partial charge >= 0.3 is 0 Å². The van der Waals surface area contributed by atoms with Crippen LogP contribution in [0.3, 0.4) is 0 Å². The summed E-state index contributed by atoms with van der Waals surface area (Å²) in [5.74, 6) is -2.35. The summed E-state index contributed by atoms with van der Waals surface area (Å²) < 4.78 is 0. The predicted molar refractivity (Wildman–Crippen MR) is 164 cm³/mol. The quantitative estimate of drug-likeness (QED) is 0.225. The minimum Gasteiger partial charge on any atom is -0.375 e. The number of likely N-dealkylation sites (tertiary alicyclic amines) is 1. The molecule has 3 aliphatic rings. The standard InChI is InChI=1S/C37H33N3O3/c1-3-23(2)40-35(41)32-26-22-27(37(43,25-16-8-5-9-17-25)29-19-11-13-21-39-29)33(34(32)36(40)42)31(26)30(24-14-6-4-7-15-24)28-18-10-12-20-38-28/h4-23,26,32-34,43H,3H2,1-2H3/t23?,26-,32-,33+,34-,37?/m1/s1. The second-order valence-electron chi connectivity index (χ2n) is 11.7. The number of hydrogen-bond acceptors (Lipinski definition) is 5. The van der Waals surface area contributed by atoms with Gasteiger partial charge in [0.1, 0.15) is 0 Å². The molecule has 1 N–H and O–H groups in total. The molecule has 4 aromatic rings. The lowest BCUT2D eigenvalue weighted by Crippen LogP contribution is -2.41. The van der Waals surface area contributed by atoms with Gasteiger partial charge in [-0.25, -0.2) is 0 Å². The van der Waals surface area contributed by atoms with Crippen LogP contribution in [0.2, 0.25) is 0 Å². The second kappa shape index (κ2) is 10.5. The van der Waals surface area contributed by atoms with E-state index in [2.05, 4.69) is 11.1 Å². The van der Waals surface area contributed by atoms with Crippen molar-refractivity contribution in [2.75, 3.05) is 0 Å². The summed E-state index contributed by atoms with van der Waals surface area (Å²) >= 11 is 0. The number of hydrogen-bond donors (Lipinski definition) is 1. The molecular weight excluding hydrogens is 534 g/mol. The van der Waals surface area contributed by atoms with E-state index < -0.39 is 23.4 Å². The van der Waals surface area contributed by atoms with Gasteiger partial charge in [0.15, 0.2) is 5.60 Å². The number of carbonyl (C=O) groups excluding carboxylic acids is 2. The molecule has 6 heteroatoms. The monoisotopic (exact) mass is 567 g/mol. The highest BCUT2D eigenvalue weighted by Gasteiger charge is 2.67. The van der Waals surface area contributed by atoms with Crippen LogP contribution in [-0.4, -0.2) is 37.8 Å². The number of carbonyl (C=O) groups is 2. The average Bonchev–Trinajstić information content (AvgIpc) is 3.68. The van der Waals surface area contributed by atoms with Gasteiger partial charge < -0.3 is 5.11 Å². The lowest BCUT2D eigenvalue weighted by molar-refractivity contribution is -0.142. The summed E-state index contributed by atoms with van der Waals surface area (Å²) in [7, 11) is 0. The molecule has 2 aliphatic carbocycles. The van der Waals surface area contributed by atoms with Gasteiger partial charge in [0, 0.05) is 35.8 Å². The zero-order valence-electron chi connectivity index (χ0n) is 24.2. The second-order valence-corrected chi connectivity index (χ2v) is 11.7. The number of fused-ring (bicyclic) bond motifs is 5. The van der Waals surface area contributed by atoms with E-state index in [1.165, 1.54) is 4.90 Å². The van der Waals surface area contributed by atoms with E-state index in [0.717, 1.165) is 22.4 Å². The lowest BCUT2D eigenvalue weighted by Gasteiger charge is -2.36. The third-order valence-electron chi connectivity index (χ3n) is 9.52. The number of nitrogens with zero attached hydrogens (tertiary/aromatic N) is 3. The van der Waals surface area contributed by atoms with E-state index in [1.807, 2.05) is 111 Å². The Morgan fingerprint density at radius 1 is 0.837 bits per heavy atom. The van der Waals surface area contributed by atoms with Crippen molar-refractivity contribution in [3.8, 4) is 0 Å². The Hall–Kier alpha value is -4.68. The summed E-state index contributed by atoms with van der Waals surface area (Å²) in [6.07, 6.45) is 6.18. The largest absolute Gasteiger partial charge is 0.375 e. The van der Waals surface area contributed by atoms with Crippen molar-refractivity contribution in [1.82, 2.24) is 14.9 Å². The van der Waals surface area contributed by atoms with Crippen LogP contribution in [0, 0.1) is 23.7 Å². The van der Waals surface area contributed by atoms with Crippen LogP contribution in [0.15, 0.2) is 127 Å². The van der Waals surface area contributed by atoms with E-state index in [9.17, 15) is 14.7 Å². The number of rotatable bonds is 7. The number of imide groups is 1. The van der Waals surface area contributed by atoms with Crippen LogP contribution in [0.5, 0.6) is 0 Å². The molecule has 2 fully saturated rings. The Morgan fingerprint density at radius 3 is 2.09 bits per heavy atom. The van der Waals surface area contributed by atoms with Crippen molar-refractivity contribution < 1.29 is 14.7 Å². The molecule has 2 amide bonds. The SMILES string of the molecule is CCC(C)N1C(=O)[C@H]2[C@H]3C(C(O)(c4ccccc4)c4ccccn4)=C[C@H](C3=C(c3ccccc3)c3ccccn3)[C@H]2C1=O. The summed E-state index contributed by atoms with van der Waals surface area (Å²) in [5, 5.41) is 12.9. The van der Waals surface area contributed by atoms with Crippen LogP contribution in [-0.2, 0) is 15.2 Å². The van der Waals surface area contributed by atoms with E-state index in [1.54, 1.807) is 12.4 Å². The molecule has 2 bridgehead atoms. The van der Waals surface area contributed by atoms with Crippen LogP contribution in [0.25, 0.3) is 5.57 Å². The fourth-order valence-electron chi connectivity index (χ4n) is 7.49. The first-order valence-electron chi connectivity index (χ1n) is 15.0. The van der Waals surface area contributed by atoms with Crippen LogP contribution >= 0.6 is 0 Å². The molecule has 7 rings (SSSR count). The van der Waals surface area contributed by atoms with Crippen molar-refractivity contribution in [2.24, 2.45) is 23.7 Å². The Kier molecular flexibility index (Phi) is 6.66. The van der Waals surface area contributed by atoms with Gasteiger partial charge in [0.05, 0.1) is 23.2 Å². The van der Waals surface area contributed by atoms with Crippen molar-refractivity contribution >= 4 is 17.4 Å². The molecule has 1 aliphatic heterocycles. The average molecular weight is 568 g/mol. The van der Waals surface area contributed by atoms with Gasteiger partial charge in [-0.3, -0.25) is 24.5 Å². The maximum atomic E-state index is 14.3. The molecule has 2 unspecified atom stereocenters. The Morgan fingerprint density at radius 2 is 1.47 bits per heavy atom. The Bertz CT molecular complexity index is 1650. The molecule has 0 spiro atoms. The lowest BCUT2D eigenvalue weighted by atomic mass is 9.71. The highest BCUT2D eigenvalue weighted by molar-refractivity contribution is 6.08. The molecule has 43 heavy (non-hydrogen) atoms. The van der Waals surface area contributed by atoms with Crippen LogP contribution in [0.1, 0.15) is 42.8 Å². The molecule has 2 aromatic heterocycles. The van der Waals surface area contributed by atoms with E-state index in [-0.39, 0.29) is 23.8 Å². The predicted octanol–water partition coefficient (Wildman–Crippen LogP) is 5.80. The number of benzene rings is 2. The number of amides is 2. The minimum absolute atomic E-state index is 0.126. The van der Waals surface area contributed by atoms with Crippen molar-refractivity contribution in [3.05, 3.63) is 149 Å². The van der Waals surface area contributed by atoms with Crippen molar-refractivity contribution in [2.45, 2.75) is 31.9 Å². The zero-order chi connectivity index (χ0) is 29.7. The summed E-state index contributed by atoms with van der Waals surface area (Å²) in [6.45, 7) is 3.92. The molecule has 6 nitrogen and oxygen atoms in total. The number of aromatic nitrogens is 2. The molecular formula is C37H33N3O3. The topological polar surface area (TPSA) is 83.4 Å². The Labute approximate surface area is 251 Å². The molecule has 0 radical (unpaired) electrons. The first-order valence-corrected chi connectivity index (χ1v) is 15.0. The number of aliphatic hydroxyl groups is 1. The normalized spacial score (nSPS) is 25.7. The molecule has 1 saturated heterocycles. The maximum Gasteiger partial charge on any atom is 0.234 e. The van der Waals surface area contributed by atoms with Gasteiger partial charge in [0.25, 0.3) is 0 Å². The highest BCUT2D eigenvalue weighted by atomic mass is 16.3. The summed E-state index contributed by atoms with van der Waals surface area (Å²) in [6, 6.07) is 30.6. The summed E-state index contributed by atoms with van der Waals surface area (Å²) in [5.41, 5.74) is 3.82. The molecule has 3 heterocycles. The van der Waals surface area contributed by atoms with E-state index >= 15 is 0 Å². The van der Waals surface area contributed by atoms with Gasteiger partial charge in [-0.15, -0.1) is 0 Å².